The maximum Gasteiger partial charge on any atom is 0.307 e. The molecular formula is C17H20BrNO4. The Labute approximate surface area is 143 Å². The van der Waals surface area contributed by atoms with Crippen molar-refractivity contribution < 1.29 is 19.1 Å². The maximum absolute atomic E-state index is 12.7. The smallest absolute Gasteiger partial charge is 0.307 e. The lowest BCUT2D eigenvalue weighted by atomic mass is 9.75. The molecule has 2 saturated heterocycles. The molecule has 0 aliphatic carbocycles. The lowest BCUT2D eigenvalue weighted by Crippen LogP contribution is -2.52. The number of nitrogens with one attached hydrogen (secondary N) is 1. The molecule has 23 heavy (non-hydrogen) atoms. The second-order valence-electron chi connectivity index (χ2n) is 6.83. The monoisotopic (exact) mass is 381 g/mol. The van der Waals surface area contributed by atoms with Crippen molar-refractivity contribution in [2.75, 3.05) is 11.9 Å². The zero-order valence-corrected chi connectivity index (χ0v) is 14.8. The molecule has 0 saturated carbocycles. The molecule has 2 aliphatic heterocycles. The first-order valence-corrected chi connectivity index (χ1v) is 8.51. The minimum absolute atomic E-state index is 0.123. The Morgan fingerprint density at radius 1 is 1.30 bits per heavy atom. The van der Waals surface area contributed by atoms with Gasteiger partial charge in [-0.25, -0.2) is 0 Å². The fraction of sp³-hybridized carbons (Fsp3) is 0.529. The van der Waals surface area contributed by atoms with Crippen molar-refractivity contribution >= 4 is 33.5 Å². The van der Waals surface area contributed by atoms with Crippen molar-refractivity contribution in [1.29, 1.82) is 0 Å². The van der Waals surface area contributed by atoms with E-state index >= 15 is 0 Å². The molecule has 2 heterocycles. The highest BCUT2D eigenvalue weighted by molar-refractivity contribution is 9.10. The SMILES string of the molecule is CC1(C)C[C@@]2(CCO1)OC(=O)C[C@@H]2C(=O)Nc1ccc(Br)cc1. The summed E-state index contributed by atoms with van der Waals surface area (Å²) in [6.07, 6.45) is 1.21. The van der Waals surface area contributed by atoms with E-state index in [1.165, 1.54) is 0 Å². The number of hydrogen-bond acceptors (Lipinski definition) is 4. The van der Waals surface area contributed by atoms with E-state index in [1.54, 1.807) is 0 Å². The van der Waals surface area contributed by atoms with Gasteiger partial charge in [0.15, 0.2) is 0 Å². The van der Waals surface area contributed by atoms with E-state index in [0.717, 1.165) is 4.47 Å². The van der Waals surface area contributed by atoms with E-state index < -0.39 is 17.1 Å². The Hall–Kier alpha value is -1.40. The Morgan fingerprint density at radius 2 is 2.00 bits per heavy atom. The summed E-state index contributed by atoms with van der Waals surface area (Å²) in [4.78, 5) is 24.6. The first-order valence-electron chi connectivity index (χ1n) is 7.72. The highest BCUT2D eigenvalue weighted by atomic mass is 79.9. The number of carbonyl (C=O) groups is 2. The molecule has 6 heteroatoms. The third-order valence-corrected chi connectivity index (χ3v) is 5.02. The first-order chi connectivity index (χ1) is 10.8. The summed E-state index contributed by atoms with van der Waals surface area (Å²) in [5.41, 5.74) is -0.448. The molecule has 1 aromatic carbocycles. The van der Waals surface area contributed by atoms with E-state index in [9.17, 15) is 9.59 Å². The van der Waals surface area contributed by atoms with E-state index in [-0.39, 0.29) is 18.3 Å². The second kappa shape index (κ2) is 5.91. The molecule has 0 radical (unpaired) electrons. The van der Waals surface area contributed by atoms with Gasteiger partial charge in [-0.2, -0.15) is 0 Å². The van der Waals surface area contributed by atoms with Gasteiger partial charge < -0.3 is 14.8 Å². The van der Waals surface area contributed by atoms with Gasteiger partial charge in [-0.3, -0.25) is 9.59 Å². The summed E-state index contributed by atoms with van der Waals surface area (Å²) >= 11 is 3.36. The molecule has 3 rings (SSSR count). The molecule has 0 aromatic heterocycles. The van der Waals surface area contributed by atoms with Crippen molar-refractivity contribution in [3.63, 3.8) is 0 Å². The van der Waals surface area contributed by atoms with Gasteiger partial charge >= 0.3 is 5.97 Å². The zero-order chi connectivity index (χ0) is 16.7. The predicted octanol–water partition coefficient (Wildman–Crippen LogP) is 3.28. The van der Waals surface area contributed by atoms with Gasteiger partial charge in [0.05, 0.1) is 24.5 Å². The number of anilines is 1. The standard InChI is InChI=1S/C17H20BrNO4/c1-16(2)10-17(7-8-22-16)13(9-14(20)23-17)15(21)19-12-5-3-11(18)4-6-12/h3-6,13H,7-10H2,1-2H3,(H,19,21)/t13-,17-/m1/s1. The molecule has 0 bridgehead atoms. The topological polar surface area (TPSA) is 64.6 Å². The van der Waals surface area contributed by atoms with Crippen LogP contribution >= 0.6 is 15.9 Å². The van der Waals surface area contributed by atoms with Crippen LogP contribution in [0.3, 0.4) is 0 Å². The van der Waals surface area contributed by atoms with Crippen LogP contribution in [-0.4, -0.2) is 29.7 Å². The average molecular weight is 382 g/mol. The summed E-state index contributed by atoms with van der Waals surface area (Å²) in [5.74, 6) is -0.962. The van der Waals surface area contributed by atoms with Crippen molar-refractivity contribution in [2.45, 2.75) is 44.3 Å². The molecular weight excluding hydrogens is 362 g/mol. The van der Waals surface area contributed by atoms with Gasteiger partial charge in [0.2, 0.25) is 5.91 Å². The van der Waals surface area contributed by atoms with Gasteiger partial charge in [0.1, 0.15) is 5.60 Å². The Bertz CT molecular complexity index is 628. The summed E-state index contributed by atoms with van der Waals surface area (Å²) in [5, 5.41) is 2.90. The van der Waals surface area contributed by atoms with Crippen LogP contribution in [0.25, 0.3) is 0 Å². The maximum atomic E-state index is 12.7. The van der Waals surface area contributed by atoms with Crippen LogP contribution in [0, 0.1) is 5.92 Å². The summed E-state index contributed by atoms with van der Waals surface area (Å²) in [6, 6.07) is 7.36. The fourth-order valence-electron chi connectivity index (χ4n) is 3.53. The van der Waals surface area contributed by atoms with Crippen LogP contribution < -0.4 is 5.32 Å². The lowest BCUT2D eigenvalue weighted by Gasteiger charge is -2.43. The highest BCUT2D eigenvalue weighted by Crippen LogP contribution is 2.45. The number of ether oxygens (including phenoxy) is 2. The van der Waals surface area contributed by atoms with Crippen LogP contribution in [0.1, 0.15) is 33.1 Å². The molecule has 2 fully saturated rings. The second-order valence-corrected chi connectivity index (χ2v) is 7.74. The third-order valence-electron chi connectivity index (χ3n) is 4.49. The normalized spacial score (nSPS) is 29.3. The van der Waals surface area contributed by atoms with Crippen LogP contribution in [0.15, 0.2) is 28.7 Å². The van der Waals surface area contributed by atoms with Gasteiger partial charge in [0, 0.05) is 23.0 Å². The third kappa shape index (κ3) is 3.43. The van der Waals surface area contributed by atoms with Gasteiger partial charge in [-0.05, 0) is 38.1 Å². The highest BCUT2D eigenvalue weighted by Gasteiger charge is 2.56. The van der Waals surface area contributed by atoms with E-state index in [0.29, 0.717) is 25.1 Å². The van der Waals surface area contributed by atoms with Crippen LogP contribution in [0.4, 0.5) is 5.69 Å². The Kier molecular flexibility index (Phi) is 4.23. The number of amides is 1. The van der Waals surface area contributed by atoms with Crippen molar-refractivity contribution in [3.05, 3.63) is 28.7 Å². The van der Waals surface area contributed by atoms with Crippen LogP contribution in [-0.2, 0) is 19.1 Å². The number of esters is 1. The number of benzene rings is 1. The first kappa shape index (κ1) is 16.5. The largest absolute Gasteiger partial charge is 0.458 e. The quantitative estimate of drug-likeness (QED) is 0.798. The minimum atomic E-state index is -0.752. The molecule has 0 unspecified atom stereocenters. The number of hydrogen-bond donors (Lipinski definition) is 1. The van der Waals surface area contributed by atoms with Gasteiger partial charge in [0.25, 0.3) is 0 Å². The number of carbonyl (C=O) groups excluding carboxylic acids is 2. The number of rotatable bonds is 2. The molecule has 124 valence electrons. The van der Waals surface area contributed by atoms with Gasteiger partial charge in [-0.1, -0.05) is 15.9 Å². The van der Waals surface area contributed by atoms with Crippen molar-refractivity contribution in [3.8, 4) is 0 Å². The molecule has 2 aliphatic rings. The van der Waals surface area contributed by atoms with Crippen LogP contribution in [0.2, 0.25) is 0 Å². The van der Waals surface area contributed by atoms with E-state index in [2.05, 4.69) is 21.2 Å². The Morgan fingerprint density at radius 3 is 2.65 bits per heavy atom. The van der Waals surface area contributed by atoms with Crippen LogP contribution in [0.5, 0.6) is 0 Å². The molecule has 1 amide bonds. The summed E-state index contributed by atoms with van der Waals surface area (Å²) in [6.45, 7) is 4.41. The lowest BCUT2D eigenvalue weighted by molar-refractivity contribution is -0.178. The molecule has 1 aromatic rings. The summed E-state index contributed by atoms with van der Waals surface area (Å²) < 4.78 is 12.3. The van der Waals surface area contributed by atoms with Gasteiger partial charge in [-0.15, -0.1) is 0 Å². The summed E-state index contributed by atoms with van der Waals surface area (Å²) in [7, 11) is 0. The zero-order valence-electron chi connectivity index (χ0n) is 13.2. The van der Waals surface area contributed by atoms with Crippen molar-refractivity contribution in [2.24, 2.45) is 5.92 Å². The minimum Gasteiger partial charge on any atom is -0.458 e. The van der Waals surface area contributed by atoms with E-state index in [1.807, 2.05) is 38.1 Å². The molecule has 1 spiro atoms. The average Bonchev–Trinajstić information content (AvgIpc) is 2.76. The van der Waals surface area contributed by atoms with E-state index in [4.69, 9.17) is 9.47 Å². The Balaban J connectivity index is 1.80. The fourth-order valence-corrected chi connectivity index (χ4v) is 3.80. The predicted molar refractivity (Wildman–Crippen MR) is 89.0 cm³/mol. The van der Waals surface area contributed by atoms with Crippen molar-refractivity contribution in [1.82, 2.24) is 0 Å². The molecule has 2 atom stereocenters. The molecule has 1 N–H and O–H groups in total. The molecule has 5 nitrogen and oxygen atoms in total. The number of halogens is 1.